The van der Waals surface area contributed by atoms with Crippen molar-refractivity contribution < 1.29 is 9.47 Å². The molecule has 0 spiro atoms. The molecule has 2 aromatic carbocycles. The first-order chi connectivity index (χ1) is 14.5. The van der Waals surface area contributed by atoms with Gasteiger partial charge in [-0.3, -0.25) is 0 Å². The summed E-state index contributed by atoms with van der Waals surface area (Å²) in [6, 6.07) is 9.75. The Morgan fingerprint density at radius 2 is 2.03 bits per heavy atom. The Morgan fingerprint density at radius 3 is 2.80 bits per heavy atom. The predicted octanol–water partition coefficient (Wildman–Crippen LogP) is 4.89. The predicted molar refractivity (Wildman–Crippen MR) is 125 cm³/mol. The standard InChI is InChI=1S/C20H18Br2N6O2/c1-4-30-18-14(22)7-11(8-16(18)29-3)10-23-26-20-24-19-17(25-27-20)13-9-12(21)5-6-15(13)28(19)2/h5-10H,4H2,1-3H3,(H,24,26,27)/b23-10+. The monoisotopic (exact) mass is 532 g/mol. The zero-order valence-electron chi connectivity index (χ0n) is 16.5. The van der Waals surface area contributed by atoms with Gasteiger partial charge in [0.05, 0.1) is 29.9 Å². The van der Waals surface area contributed by atoms with Crippen LogP contribution in [0.1, 0.15) is 12.5 Å². The third kappa shape index (κ3) is 3.84. The van der Waals surface area contributed by atoms with E-state index in [0.29, 0.717) is 24.1 Å². The van der Waals surface area contributed by atoms with Crippen LogP contribution < -0.4 is 14.9 Å². The van der Waals surface area contributed by atoms with Crippen LogP contribution in [0.4, 0.5) is 5.95 Å². The molecule has 0 atom stereocenters. The number of aromatic nitrogens is 4. The first-order valence-corrected chi connectivity index (χ1v) is 10.7. The quantitative estimate of drug-likeness (QED) is 0.280. The van der Waals surface area contributed by atoms with Gasteiger partial charge in [-0.1, -0.05) is 15.9 Å². The number of halogens is 2. The molecule has 0 unspecified atom stereocenters. The fourth-order valence-electron chi connectivity index (χ4n) is 3.14. The second-order valence-electron chi connectivity index (χ2n) is 6.37. The van der Waals surface area contributed by atoms with E-state index in [4.69, 9.17) is 9.47 Å². The van der Waals surface area contributed by atoms with Crippen LogP contribution in [-0.2, 0) is 7.05 Å². The summed E-state index contributed by atoms with van der Waals surface area (Å²) in [6.07, 6.45) is 1.65. The van der Waals surface area contributed by atoms with Gasteiger partial charge in [0.15, 0.2) is 17.1 Å². The van der Waals surface area contributed by atoms with Crippen LogP contribution in [0.5, 0.6) is 11.5 Å². The Labute approximate surface area is 189 Å². The number of rotatable bonds is 6. The SMILES string of the molecule is CCOc1c(Br)cc(/C=N/Nc2nnc3c4cc(Br)ccc4n(C)c3n2)cc1OC. The molecule has 0 fully saturated rings. The second kappa shape index (κ2) is 8.57. The second-order valence-corrected chi connectivity index (χ2v) is 8.14. The van der Waals surface area contributed by atoms with E-state index in [1.165, 1.54) is 0 Å². The van der Waals surface area contributed by atoms with Crippen molar-refractivity contribution in [3.05, 3.63) is 44.8 Å². The van der Waals surface area contributed by atoms with Crippen molar-refractivity contribution in [2.75, 3.05) is 19.1 Å². The Hall–Kier alpha value is -2.72. The van der Waals surface area contributed by atoms with Crippen molar-refractivity contribution in [1.29, 1.82) is 0 Å². The molecule has 0 saturated carbocycles. The van der Waals surface area contributed by atoms with Gasteiger partial charge in [0.25, 0.3) is 5.95 Å². The third-order valence-corrected chi connectivity index (χ3v) is 5.56. The van der Waals surface area contributed by atoms with Gasteiger partial charge in [0.2, 0.25) is 0 Å². The average Bonchev–Trinajstić information content (AvgIpc) is 3.01. The van der Waals surface area contributed by atoms with Crippen LogP contribution in [-0.4, -0.2) is 39.7 Å². The molecule has 30 heavy (non-hydrogen) atoms. The van der Waals surface area contributed by atoms with Gasteiger partial charge in [-0.15, -0.1) is 10.2 Å². The third-order valence-electron chi connectivity index (χ3n) is 4.48. The van der Waals surface area contributed by atoms with Crippen LogP contribution >= 0.6 is 31.9 Å². The molecule has 8 nitrogen and oxygen atoms in total. The van der Waals surface area contributed by atoms with Gasteiger partial charge in [0.1, 0.15) is 5.52 Å². The summed E-state index contributed by atoms with van der Waals surface area (Å²) in [6.45, 7) is 2.46. The van der Waals surface area contributed by atoms with Crippen molar-refractivity contribution in [1.82, 2.24) is 19.7 Å². The van der Waals surface area contributed by atoms with E-state index >= 15 is 0 Å². The molecule has 2 aromatic heterocycles. The summed E-state index contributed by atoms with van der Waals surface area (Å²) in [5, 5.41) is 13.7. The molecule has 0 radical (unpaired) electrons. The molecule has 0 aliphatic rings. The summed E-state index contributed by atoms with van der Waals surface area (Å²) in [7, 11) is 3.55. The van der Waals surface area contributed by atoms with Gasteiger partial charge < -0.3 is 14.0 Å². The first kappa shape index (κ1) is 20.5. The van der Waals surface area contributed by atoms with Gasteiger partial charge >= 0.3 is 0 Å². The summed E-state index contributed by atoms with van der Waals surface area (Å²) in [5.41, 5.74) is 6.15. The van der Waals surface area contributed by atoms with E-state index in [-0.39, 0.29) is 0 Å². The van der Waals surface area contributed by atoms with Crippen LogP contribution in [0.25, 0.3) is 22.1 Å². The lowest BCUT2D eigenvalue weighted by atomic mass is 10.2. The van der Waals surface area contributed by atoms with Crippen molar-refractivity contribution in [2.45, 2.75) is 6.92 Å². The number of nitrogens with one attached hydrogen (secondary N) is 1. The van der Waals surface area contributed by atoms with Gasteiger partial charge in [-0.25, -0.2) is 5.43 Å². The van der Waals surface area contributed by atoms with E-state index in [9.17, 15) is 0 Å². The molecule has 0 amide bonds. The van der Waals surface area contributed by atoms with E-state index < -0.39 is 0 Å². The maximum Gasteiger partial charge on any atom is 0.265 e. The average molecular weight is 534 g/mol. The highest BCUT2D eigenvalue weighted by Gasteiger charge is 2.13. The normalized spacial score (nSPS) is 11.5. The summed E-state index contributed by atoms with van der Waals surface area (Å²) in [5.74, 6) is 1.58. The fourth-order valence-corrected chi connectivity index (χ4v) is 4.08. The first-order valence-electron chi connectivity index (χ1n) is 9.09. The molecule has 1 N–H and O–H groups in total. The highest BCUT2D eigenvalue weighted by Crippen LogP contribution is 2.36. The molecular formula is C20H18Br2N6O2. The number of anilines is 1. The number of ether oxygens (including phenoxy) is 2. The number of hydrogen-bond donors (Lipinski definition) is 1. The number of fused-ring (bicyclic) bond motifs is 3. The highest BCUT2D eigenvalue weighted by atomic mass is 79.9. The van der Waals surface area contributed by atoms with Crippen molar-refractivity contribution in [3.63, 3.8) is 0 Å². The lowest BCUT2D eigenvalue weighted by molar-refractivity contribution is 0.309. The molecule has 0 aliphatic carbocycles. The number of nitrogens with zero attached hydrogens (tertiary/aromatic N) is 5. The summed E-state index contributed by atoms with van der Waals surface area (Å²) in [4.78, 5) is 4.56. The Morgan fingerprint density at radius 1 is 1.20 bits per heavy atom. The number of benzene rings is 2. The Bertz CT molecular complexity index is 1270. The number of hydrazone groups is 1. The Kier molecular flexibility index (Phi) is 5.87. The minimum Gasteiger partial charge on any atom is -0.493 e. The van der Waals surface area contributed by atoms with Crippen molar-refractivity contribution in [2.24, 2.45) is 12.1 Å². The maximum absolute atomic E-state index is 5.61. The molecular weight excluding hydrogens is 516 g/mol. The maximum atomic E-state index is 5.61. The number of aryl methyl sites for hydroxylation is 1. The Balaban J connectivity index is 1.61. The van der Waals surface area contributed by atoms with E-state index in [1.54, 1.807) is 13.3 Å². The van der Waals surface area contributed by atoms with E-state index in [2.05, 4.69) is 57.6 Å². The molecule has 0 aliphatic heterocycles. The topological polar surface area (TPSA) is 86.5 Å². The smallest absolute Gasteiger partial charge is 0.265 e. The van der Waals surface area contributed by atoms with Crippen LogP contribution in [0.15, 0.2) is 44.4 Å². The lowest BCUT2D eigenvalue weighted by Crippen LogP contribution is -2.01. The van der Waals surface area contributed by atoms with Crippen molar-refractivity contribution >= 4 is 66.1 Å². The molecule has 0 saturated heterocycles. The van der Waals surface area contributed by atoms with Gasteiger partial charge in [0, 0.05) is 16.9 Å². The number of methoxy groups -OCH3 is 1. The zero-order chi connectivity index (χ0) is 21.3. The molecule has 154 valence electrons. The van der Waals surface area contributed by atoms with E-state index in [0.717, 1.165) is 36.6 Å². The van der Waals surface area contributed by atoms with Crippen LogP contribution in [0, 0.1) is 0 Å². The lowest BCUT2D eigenvalue weighted by Gasteiger charge is -2.11. The summed E-state index contributed by atoms with van der Waals surface area (Å²) < 4.78 is 14.8. The van der Waals surface area contributed by atoms with E-state index in [1.807, 2.05) is 48.9 Å². The molecule has 0 bridgehead atoms. The summed E-state index contributed by atoms with van der Waals surface area (Å²) >= 11 is 7.00. The minimum absolute atomic E-state index is 0.306. The van der Waals surface area contributed by atoms with Crippen LogP contribution in [0.3, 0.4) is 0 Å². The highest BCUT2D eigenvalue weighted by molar-refractivity contribution is 9.10. The van der Waals surface area contributed by atoms with Gasteiger partial charge in [-0.05, 0) is 58.7 Å². The number of hydrogen-bond acceptors (Lipinski definition) is 7. The fraction of sp³-hybridized carbons (Fsp3) is 0.200. The molecule has 4 aromatic rings. The zero-order valence-corrected chi connectivity index (χ0v) is 19.7. The molecule has 2 heterocycles. The van der Waals surface area contributed by atoms with Gasteiger partial charge in [-0.2, -0.15) is 10.1 Å². The largest absolute Gasteiger partial charge is 0.493 e. The van der Waals surface area contributed by atoms with Crippen molar-refractivity contribution in [3.8, 4) is 11.5 Å². The minimum atomic E-state index is 0.306. The molecule has 10 heteroatoms. The van der Waals surface area contributed by atoms with Crippen LogP contribution in [0.2, 0.25) is 0 Å². The molecule has 4 rings (SSSR count).